The van der Waals surface area contributed by atoms with Gasteiger partial charge in [-0.2, -0.15) is 0 Å². The number of carbonyl (C=O) groups excluding carboxylic acids is 2. The molecule has 2 N–H and O–H groups in total. The summed E-state index contributed by atoms with van der Waals surface area (Å²) in [5.74, 6) is -0.349. The number of nitrogens with one attached hydrogen (secondary N) is 2. The molecular weight excluding hydrogens is 386 g/mol. The van der Waals surface area contributed by atoms with Crippen molar-refractivity contribution in [1.82, 2.24) is 25.6 Å². The molecule has 0 saturated heterocycles. The van der Waals surface area contributed by atoms with Gasteiger partial charge in [0.05, 0.1) is 30.2 Å². The molecular formula is C21H23N5O2S. The Balaban J connectivity index is 1.21. The van der Waals surface area contributed by atoms with Gasteiger partial charge in [-0.1, -0.05) is 35.5 Å². The molecule has 0 radical (unpaired) electrons. The lowest BCUT2D eigenvalue weighted by atomic mass is 9.88. The van der Waals surface area contributed by atoms with E-state index in [2.05, 4.69) is 33.1 Å². The number of benzene rings is 1. The molecule has 8 heteroatoms. The van der Waals surface area contributed by atoms with Gasteiger partial charge in [0, 0.05) is 6.42 Å². The zero-order valence-electron chi connectivity index (χ0n) is 16.0. The van der Waals surface area contributed by atoms with E-state index in [1.165, 1.54) is 11.1 Å². The average molecular weight is 410 g/mol. The zero-order valence-corrected chi connectivity index (χ0v) is 16.8. The molecule has 0 aliphatic heterocycles. The highest BCUT2D eigenvalue weighted by molar-refractivity contribution is 7.13. The predicted octanol–water partition coefficient (Wildman–Crippen LogP) is 2.71. The van der Waals surface area contributed by atoms with Gasteiger partial charge in [-0.25, -0.2) is 0 Å². The van der Waals surface area contributed by atoms with Gasteiger partial charge in [0.25, 0.3) is 0 Å². The monoisotopic (exact) mass is 409 g/mol. The van der Waals surface area contributed by atoms with Gasteiger partial charge < -0.3 is 10.6 Å². The molecule has 1 aliphatic rings. The Morgan fingerprint density at radius 1 is 1.17 bits per heavy atom. The van der Waals surface area contributed by atoms with Crippen molar-refractivity contribution in [3.05, 3.63) is 59.1 Å². The van der Waals surface area contributed by atoms with E-state index >= 15 is 0 Å². The van der Waals surface area contributed by atoms with Crippen molar-refractivity contribution in [1.29, 1.82) is 0 Å². The van der Waals surface area contributed by atoms with Crippen LogP contribution in [0.15, 0.2) is 48.0 Å². The van der Waals surface area contributed by atoms with Crippen LogP contribution in [0.25, 0.3) is 10.6 Å². The van der Waals surface area contributed by atoms with Gasteiger partial charge in [-0.05, 0) is 41.8 Å². The van der Waals surface area contributed by atoms with Crippen LogP contribution in [0.3, 0.4) is 0 Å². The van der Waals surface area contributed by atoms with E-state index < -0.39 is 0 Å². The standard InChI is InChI=1S/C21H23N5O2S/c27-20(10-11-26-14-18(24-25-26)19-9-4-12-29-19)22-13-21(28)23-17-8-3-6-15-5-1-2-7-16(15)17/h1-2,4-5,7,9,12,14,17H,3,6,8,10-11,13H2,(H,22,27)(H,23,28). The molecule has 1 atom stereocenters. The summed E-state index contributed by atoms with van der Waals surface area (Å²) < 4.78 is 1.65. The van der Waals surface area contributed by atoms with Gasteiger partial charge in [0.2, 0.25) is 11.8 Å². The molecule has 4 rings (SSSR count). The SMILES string of the molecule is O=C(CCn1cc(-c2cccs2)nn1)NCC(=O)NC1CCCc2ccccc21. The Morgan fingerprint density at radius 2 is 2.07 bits per heavy atom. The van der Waals surface area contributed by atoms with Crippen LogP contribution >= 0.6 is 11.3 Å². The lowest BCUT2D eigenvalue weighted by molar-refractivity contribution is -0.126. The minimum atomic E-state index is -0.183. The topological polar surface area (TPSA) is 88.9 Å². The van der Waals surface area contributed by atoms with Crippen LogP contribution in [-0.2, 0) is 22.6 Å². The number of aryl methyl sites for hydroxylation is 2. The highest BCUT2D eigenvalue weighted by Gasteiger charge is 2.21. The molecule has 1 aliphatic carbocycles. The summed E-state index contributed by atoms with van der Waals surface area (Å²) in [6, 6.07) is 12.2. The van der Waals surface area contributed by atoms with Crippen molar-refractivity contribution in [2.45, 2.75) is 38.3 Å². The molecule has 29 heavy (non-hydrogen) atoms. The molecule has 3 aromatic rings. The maximum absolute atomic E-state index is 12.3. The summed E-state index contributed by atoms with van der Waals surface area (Å²) in [5, 5.41) is 15.9. The Morgan fingerprint density at radius 3 is 2.93 bits per heavy atom. The number of aromatic nitrogens is 3. The van der Waals surface area contributed by atoms with Crippen molar-refractivity contribution in [2.24, 2.45) is 0 Å². The van der Waals surface area contributed by atoms with Crippen molar-refractivity contribution in [3.63, 3.8) is 0 Å². The van der Waals surface area contributed by atoms with Crippen LogP contribution in [0.5, 0.6) is 0 Å². The van der Waals surface area contributed by atoms with Crippen LogP contribution in [0.1, 0.15) is 36.4 Å². The highest BCUT2D eigenvalue weighted by atomic mass is 32.1. The lowest BCUT2D eigenvalue weighted by Gasteiger charge is -2.26. The summed E-state index contributed by atoms with van der Waals surface area (Å²) in [6.07, 6.45) is 5.10. The van der Waals surface area contributed by atoms with Gasteiger partial charge in [0.15, 0.2) is 0 Å². The minimum absolute atomic E-state index is 0.0185. The molecule has 1 unspecified atom stereocenters. The molecule has 0 saturated carbocycles. The number of hydrogen-bond acceptors (Lipinski definition) is 5. The normalized spacial score (nSPS) is 15.5. The molecule has 150 valence electrons. The number of hydrogen-bond donors (Lipinski definition) is 2. The molecule has 0 bridgehead atoms. The first-order chi connectivity index (χ1) is 14.2. The number of fused-ring (bicyclic) bond motifs is 1. The smallest absolute Gasteiger partial charge is 0.239 e. The van der Waals surface area contributed by atoms with Crippen LogP contribution in [0.4, 0.5) is 0 Å². The molecule has 0 fully saturated rings. The maximum atomic E-state index is 12.3. The second kappa shape index (κ2) is 9.00. The van der Waals surface area contributed by atoms with E-state index in [1.54, 1.807) is 16.0 Å². The summed E-state index contributed by atoms with van der Waals surface area (Å²) in [5.41, 5.74) is 3.28. The molecule has 2 heterocycles. The van der Waals surface area contributed by atoms with Gasteiger partial charge in [0.1, 0.15) is 5.69 Å². The minimum Gasteiger partial charge on any atom is -0.348 e. The van der Waals surface area contributed by atoms with E-state index in [0.717, 1.165) is 29.8 Å². The van der Waals surface area contributed by atoms with Gasteiger partial charge >= 0.3 is 0 Å². The van der Waals surface area contributed by atoms with Crippen molar-refractivity contribution in [2.75, 3.05) is 6.54 Å². The lowest BCUT2D eigenvalue weighted by Crippen LogP contribution is -2.39. The number of amides is 2. The molecule has 0 spiro atoms. The van der Waals surface area contributed by atoms with Crippen LogP contribution in [0, 0.1) is 0 Å². The summed E-state index contributed by atoms with van der Waals surface area (Å²) >= 11 is 1.60. The van der Waals surface area contributed by atoms with Crippen molar-refractivity contribution < 1.29 is 9.59 Å². The first kappa shape index (κ1) is 19.3. The Hall–Kier alpha value is -3.00. The number of rotatable bonds is 7. The summed E-state index contributed by atoms with van der Waals surface area (Å²) in [4.78, 5) is 25.4. The van der Waals surface area contributed by atoms with Gasteiger partial charge in [-0.3, -0.25) is 14.3 Å². The van der Waals surface area contributed by atoms with E-state index in [9.17, 15) is 9.59 Å². The Kier molecular flexibility index (Phi) is 6.00. The summed E-state index contributed by atoms with van der Waals surface area (Å²) in [6.45, 7) is 0.400. The first-order valence-electron chi connectivity index (χ1n) is 9.77. The zero-order chi connectivity index (χ0) is 20.1. The van der Waals surface area contributed by atoms with E-state index in [0.29, 0.717) is 6.54 Å². The second-order valence-corrected chi connectivity index (χ2v) is 8.03. The third-order valence-electron chi connectivity index (χ3n) is 5.03. The van der Waals surface area contributed by atoms with Crippen molar-refractivity contribution >= 4 is 23.2 Å². The van der Waals surface area contributed by atoms with E-state index in [4.69, 9.17) is 0 Å². The first-order valence-corrected chi connectivity index (χ1v) is 10.6. The van der Waals surface area contributed by atoms with E-state index in [1.807, 2.05) is 35.8 Å². The quantitative estimate of drug-likeness (QED) is 0.628. The summed E-state index contributed by atoms with van der Waals surface area (Å²) in [7, 11) is 0. The fourth-order valence-corrected chi connectivity index (χ4v) is 4.25. The maximum Gasteiger partial charge on any atom is 0.239 e. The Bertz CT molecular complexity index is 983. The largest absolute Gasteiger partial charge is 0.348 e. The van der Waals surface area contributed by atoms with E-state index in [-0.39, 0.29) is 30.8 Å². The third kappa shape index (κ3) is 4.89. The fraction of sp³-hybridized carbons (Fsp3) is 0.333. The molecule has 1 aromatic carbocycles. The van der Waals surface area contributed by atoms with Gasteiger partial charge in [-0.15, -0.1) is 16.4 Å². The molecule has 2 aromatic heterocycles. The number of thiophene rings is 1. The molecule has 7 nitrogen and oxygen atoms in total. The highest BCUT2D eigenvalue weighted by Crippen LogP contribution is 2.29. The molecule has 2 amide bonds. The van der Waals surface area contributed by atoms with Crippen LogP contribution in [-0.4, -0.2) is 33.4 Å². The number of carbonyl (C=O) groups is 2. The van der Waals surface area contributed by atoms with Crippen molar-refractivity contribution in [3.8, 4) is 10.6 Å². The number of nitrogens with zero attached hydrogens (tertiary/aromatic N) is 3. The second-order valence-electron chi connectivity index (χ2n) is 7.08. The Labute approximate surface area is 173 Å². The average Bonchev–Trinajstić information content (AvgIpc) is 3.43. The predicted molar refractivity (Wildman–Crippen MR) is 111 cm³/mol. The fourth-order valence-electron chi connectivity index (χ4n) is 3.58. The third-order valence-corrected chi connectivity index (χ3v) is 5.92. The van der Waals surface area contributed by atoms with Crippen LogP contribution in [0.2, 0.25) is 0 Å². The van der Waals surface area contributed by atoms with Crippen LogP contribution < -0.4 is 10.6 Å².